The number of carbonyl (C=O) groups excluding carboxylic acids is 1. The maximum Gasteiger partial charge on any atom is 0.225 e. The monoisotopic (exact) mass is 313 g/mol. The van der Waals surface area contributed by atoms with Gasteiger partial charge in [-0.25, -0.2) is 4.98 Å². The SMILES string of the molecule is CN(C(=O)C1CCC1)C1CCCN(c2nccc3occc23)C1. The zero-order valence-electron chi connectivity index (χ0n) is 13.6. The van der Waals surface area contributed by atoms with Crippen LogP contribution in [0.3, 0.4) is 0 Å². The summed E-state index contributed by atoms with van der Waals surface area (Å²) in [5, 5.41) is 1.06. The van der Waals surface area contributed by atoms with Crippen LogP contribution >= 0.6 is 0 Å². The van der Waals surface area contributed by atoms with Crippen LogP contribution in [-0.4, -0.2) is 42.0 Å². The molecule has 23 heavy (non-hydrogen) atoms. The molecule has 0 spiro atoms. The van der Waals surface area contributed by atoms with E-state index in [0.717, 1.165) is 55.6 Å². The summed E-state index contributed by atoms with van der Waals surface area (Å²) in [7, 11) is 1.97. The molecule has 5 heteroatoms. The first-order valence-electron chi connectivity index (χ1n) is 8.58. The lowest BCUT2D eigenvalue weighted by Crippen LogP contribution is -2.51. The molecule has 1 saturated carbocycles. The molecule has 122 valence electrons. The Morgan fingerprint density at radius 1 is 1.30 bits per heavy atom. The summed E-state index contributed by atoms with van der Waals surface area (Å²) in [6.45, 7) is 1.84. The van der Waals surface area contributed by atoms with Crippen LogP contribution in [0, 0.1) is 5.92 Å². The van der Waals surface area contributed by atoms with Crippen LogP contribution in [0.2, 0.25) is 0 Å². The molecule has 0 aromatic carbocycles. The number of carbonyl (C=O) groups is 1. The molecule has 2 aromatic rings. The van der Waals surface area contributed by atoms with Gasteiger partial charge in [-0.05, 0) is 37.8 Å². The highest BCUT2D eigenvalue weighted by Crippen LogP contribution is 2.31. The maximum atomic E-state index is 12.5. The summed E-state index contributed by atoms with van der Waals surface area (Å²) in [5.74, 6) is 1.58. The van der Waals surface area contributed by atoms with Crippen molar-refractivity contribution in [1.82, 2.24) is 9.88 Å². The van der Waals surface area contributed by atoms with Crippen LogP contribution in [-0.2, 0) is 4.79 Å². The van der Waals surface area contributed by atoms with Gasteiger partial charge in [0.2, 0.25) is 5.91 Å². The number of fused-ring (bicyclic) bond motifs is 1. The molecule has 0 radical (unpaired) electrons. The van der Waals surface area contributed by atoms with Crippen molar-refractivity contribution in [2.45, 2.75) is 38.1 Å². The summed E-state index contributed by atoms with van der Waals surface area (Å²) in [6, 6.07) is 4.15. The fraction of sp³-hybridized carbons (Fsp3) is 0.556. The van der Waals surface area contributed by atoms with Gasteiger partial charge in [0.15, 0.2) is 0 Å². The Morgan fingerprint density at radius 2 is 2.17 bits per heavy atom. The Hall–Kier alpha value is -2.04. The molecule has 0 bridgehead atoms. The van der Waals surface area contributed by atoms with Gasteiger partial charge in [-0.1, -0.05) is 6.42 Å². The lowest BCUT2D eigenvalue weighted by atomic mass is 9.84. The van der Waals surface area contributed by atoms with Gasteiger partial charge < -0.3 is 14.2 Å². The van der Waals surface area contributed by atoms with Gasteiger partial charge in [-0.15, -0.1) is 0 Å². The number of hydrogen-bond donors (Lipinski definition) is 0. The first-order chi connectivity index (χ1) is 11.2. The molecule has 5 nitrogen and oxygen atoms in total. The Bertz CT molecular complexity index is 707. The molecule has 1 aliphatic heterocycles. The molecule has 0 N–H and O–H groups in total. The summed E-state index contributed by atoms with van der Waals surface area (Å²) in [5.41, 5.74) is 0.871. The minimum absolute atomic E-state index is 0.269. The van der Waals surface area contributed by atoms with E-state index in [-0.39, 0.29) is 12.0 Å². The third kappa shape index (κ3) is 2.58. The van der Waals surface area contributed by atoms with E-state index in [4.69, 9.17) is 4.42 Å². The number of piperidine rings is 1. The highest BCUT2D eigenvalue weighted by Gasteiger charge is 2.33. The molecule has 2 aliphatic rings. The molecule has 1 aliphatic carbocycles. The lowest BCUT2D eigenvalue weighted by molar-refractivity contribution is -0.139. The number of furan rings is 1. The van der Waals surface area contributed by atoms with Gasteiger partial charge in [0.25, 0.3) is 0 Å². The highest BCUT2D eigenvalue weighted by atomic mass is 16.3. The Kier molecular flexibility index (Phi) is 3.71. The van der Waals surface area contributed by atoms with Gasteiger partial charge in [0.05, 0.1) is 11.6 Å². The zero-order chi connectivity index (χ0) is 15.8. The third-order valence-corrected chi connectivity index (χ3v) is 5.40. The molecule has 2 aromatic heterocycles. The molecule has 1 amide bonds. The van der Waals surface area contributed by atoms with E-state index in [1.807, 2.05) is 24.1 Å². The first-order valence-corrected chi connectivity index (χ1v) is 8.58. The molecular weight excluding hydrogens is 290 g/mol. The lowest BCUT2D eigenvalue weighted by Gasteiger charge is -2.40. The van der Waals surface area contributed by atoms with E-state index in [1.165, 1.54) is 6.42 Å². The number of pyridine rings is 1. The number of rotatable bonds is 3. The normalized spacial score (nSPS) is 22.1. The highest BCUT2D eigenvalue weighted by molar-refractivity contribution is 5.88. The molecule has 1 unspecified atom stereocenters. The Balaban J connectivity index is 1.52. The van der Waals surface area contributed by atoms with Crippen LogP contribution in [0.1, 0.15) is 32.1 Å². The summed E-state index contributed by atoms with van der Waals surface area (Å²) in [6.07, 6.45) is 9.01. The smallest absolute Gasteiger partial charge is 0.225 e. The van der Waals surface area contributed by atoms with Gasteiger partial charge in [0, 0.05) is 38.3 Å². The van der Waals surface area contributed by atoms with Crippen molar-refractivity contribution in [3.05, 3.63) is 24.6 Å². The van der Waals surface area contributed by atoms with Crippen LogP contribution in [0.25, 0.3) is 11.0 Å². The number of likely N-dealkylation sites (N-methyl/N-ethyl adjacent to an activating group) is 1. The van der Waals surface area contributed by atoms with E-state index >= 15 is 0 Å². The van der Waals surface area contributed by atoms with E-state index in [9.17, 15) is 4.79 Å². The quantitative estimate of drug-likeness (QED) is 0.874. The van der Waals surface area contributed by atoms with Crippen molar-refractivity contribution in [2.75, 3.05) is 25.0 Å². The van der Waals surface area contributed by atoms with Crippen LogP contribution in [0.5, 0.6) is 0 Å². The van der Waals surface area contributed by atoms with Gasteiger partial charge in [-0.3, -0.25) is 4.79 Å². The zero-order valence-corrected chi connectivity index (χ0v) is 13.6. The minimum atomic E-state index is 0.269. The van der Waals surface area contributed by atoms with E-state index in [1.54, 1.807) is 12.5 Å². The van der Waals surface area contributed by atoms with Crippen LogP contribution in [0.4, 0.5) is 5.82 Å². The second-order valence-electron chi connectivity index (χ2n) is 6.79. The van der Waals surface area contributed by atoms with Crippen molar-refractivity contribution in [3.8, 4) is 0 Å². The van der Waals surface area contributed by atoms with Gasteiger partial charge in [0.1, 0.15) is 11.4 Å². The van der Waals surface area contributed by atoms with E-state index in [0.29, 0.717) is 5.91 Å². The molecule has 4 rings (SSSR count). The standard InChI is InChI=1S/C18H23N3O2/c1-20(18(22)13-4-2-5-13)14-6-3-10-21(12-14)17-15-8-11-23-16(15)7-9-19-17/h7-9,11,13-14H,2-6,10,12H2,1H3. The third-order valence-electron chi connectivity index (χ3n) is 5.40. The number of aromatic nitrogens is 1. The second-order valence-corrected chi connectivity index (χ2v) is 6.79. The fourth-order valence-electron chi connectivity index (χ4n) is 3.72. The summed E-state index contributed by atoms with van der Waals surface area (Å²) in [4.78, 5) is 21.4. The van der Waals surface area contributed by atoms with E-state index in [2.05, 4.69) is 9.88 Å². The average Bonchev–Trinajstić information content (AvgIpc) is 3.01. The van der Waals surface area contributed by atoms with E-state index < -0.39 is 0 Å². The number of amides is 1. The summed E-state index contributed by atoms with van der Waals surface area (Å²) >= 11 is 0. The predicted octanol–water partition coefficient (Wildman–Crippen LogP) is 3.06. The van der Waals surface area contributed by atoms with Crippen molar-refractivity contribution in [3.63, 3.8) is 0 Å². The molecular formula is C18H23N3O2. The van der Waals surface area contributed by atoms with Crippen molar-refractivity contribution in [1.29, 1.82) is 0 Å². The number of hydrogen-bond acceptors (Lipinski definition) is 4. The topological polar surface area (TPSA) is 49.6 Å². The van der Waals surface area contributed by atoms with Crippen molar-refractivity contribution in [2.24, 2.45) is 5.92 Å². The average molecular weight is 313 g/mol. The largest absolute Gasteiger partial charge is 0.464 e. The minimum Gasteiger partial charge on any atom is -0.464 e. The van der Waals surface area contributed by atoms with Crippen LogP contribution in [0.15, 0.2) is 29.0 Å². The van der Waals surface area contributed by atoms with Gasteiger partial charge >= 0.3 is 0 Å². The summed E-state index contributed by atoms with van der Waals surface area (Å²) < 4.78 is 5.48. The van der Waals surface area contributed by atoms with Crippen LogP contribution < -0.4 is 4.90 Å². The first kappa shape index (κ1) is 14.5. The van der Waals surface area contributed by atoms with Gasteiger partial charge in [-0.2, -0.15) is 0 Å². The van der Waals surface area contributed by atoms with Crippen molar-refractivity contribution < 1.29 is 9.21 Å². The second kappa shape index (κ2) is 5.87. The predicted molar refractivity (Wildman–Crippen MR) is 89.4 cm³/mol. The molecule has 1 saturated heterocycles. The Labute approximate surface area is 136 Å². The Morgan fingerprint density at radius 3 is 2.96 bits per heavy atom. The number of nitrogens with zero attached hydrogens (tertiary/aromatic N) is 3. The number of anilines is 1. The molecule has 1 atom stereocenters. The molecule has 3 heterocycles. The fourth-order valence-corrected chi connectivity index (χ4v) is 3.72. The van der Waals surface area contributed by atoms with Crippen molar-refractivity contribution >= 4 is 22.7 Å². The maximum absolute atomic E-state index is 12.5. The molecule has 2 fully saturated rings.